The second-order valence-electron chi connectivity index (χ2n) is 7.11. The summed E-state index contributed by atoms with van der Waals surface area (Å²) < 4.78 is 11.7. The van der Waals surface area contributed by atoms with E-state index in [0.717, 1.165) is 11.3 Å². The van der Waals surface area contributed by atoms with E-state index in [1.165, 1.54) is 0 Å². The second kappa shape index (κ2) is 7.43. The molecule has 0 fully saturated rings. The van der Waals surface area contributed by atoms with Crippen LogP contribution in [-0.4, -0.2) is 17.9 Å². The lowest BCUT2D eigenvalue weighted by Crippen LogP contribution is -2.26. The Hall–Kier alpha value is -3.60. The predicted molar refractivity (Wildman–Crippen MR) is 112 cm³/mol. The lowest BCUT2D eigenvalue weighted by atomic mass is 10.0. The molecule has 5 nitrogen and oxygen atoms in total. The Morgan fingerprint density at radius 1 is 0.931 bits per heavy atom. The summed E-state index contributed by atoms with van der Waals surface area (Å²) in [5.74, 6) is 1.73. The maximum absolute atomic E-state index is 13.1. The Balaban J connectivity index is 1.81. The lowest BCUT2D eigenvalue weighted by Gasteiger charge is -2.17. The van der Waals surface area contributed by atoms with Crippen molar-refractivity contribution in [2.24, 2.45) is 0 Å². The summed E-state index contributed by atoms with van der Waals surface area (Å²) in [4.78, 5) is 27.6. The van der Waals surface area contributed by atoms with E-state index >= 15 is 0 Å². The van der Waals surface area contributed by atoms with Gasteiger partial charge in [-0.15, -0.1) is 0 Å². The normalized spacial score (nSPS) is 11.0. The molecule has 2 aromatic heterocycles. The number of hydrogen-bond acceptors (Lipinski definition) is 4. The molecule has 2 heterocycles. The smallest absolute Gasteiger partial charge is 0.257 e. The molecule has 0 aliphatic rings. The van der Waals surface area contributed by atoms with Gasteiger partial charge in [0.15, 0.2) is 11.0 Å². The standard InChI is InChI=1S/C24H21NO4/c1-15-12-13-18(28-15)14-25(3)24(27)20-11-7-10-19-21(26)16(2)22(29-23(19)20)17-8-5-4-6-9-17/h4-13H,14H2,1-3H3. The third-order valence-corrected chi connectivity index (χ3v) is 4.95. The fourth-order valence-electron chi connectivity index (χ4n) is 3.42. The van der Waals surface area contributed by atoms with E-state index in [2.05, 4.69) is 0 Å². The van der Waals surface area contributed by atoms with Crippen molar-refractivity contribution in [3.05, 3.63) is 93.5 Å². The van der Waals surface area contributed by atoms with Crippen LogP contribution in [0.3, 0.4) is 0 Å². The summed E-state index contributed by atoms with van der Waals surface area (Å²) in [5, 5.41) is 0.398. The van der Waals surface area contributed by atoms with E-state index < -0.39 is 0 Å². The van der Waals surface area contributed by atoms with Gasteiger partial charge in [0, 0.05) is 18.2 Å². The summed E-state index contributed by atoms with van der Waals surface area (Å²) in [6.07, 6.45) is 0. The van der Waals surface area contributed by atoms with Gasteiger partial charge in [0.1, 0.15) is 17.3 Å². The molecule has 0 N–H and O–H groups in total. The van der Waals surface area contributed by atoms with Crippen LogP contribution < -0.4 is 5.43 Å². The van der Waals surface area contributed by atoms with E-state index in [9.17, 15) is 9.59 Å². The molecule has 0 aliphatic heterocycles. The van der Waals surface area contributed by atoms with E-state index in [1.54, 1.807) is 37.1 Å². The van der Waals surface area contributed by atoms with Gasteiger partial charge in [0.25, 0.3) is 5.91 Å². The number of hydrogen-bond donors (Lipinski definition) is 0. The minimum Gasteiger partial charge on any atom is -0.464 e. The Kier molecular flexibility index (Phi) is 4.80. The third-order valence-electron chi connectivity index (χ3n) is 4.95. The van der Waals surface area contributed by atoms with Crippen LogP contribution in [-0.2, 0) is 6.54 Å². The van der Waals surface area contributed by atoms with Crippen LogP contribution >= 0.6 is 0 Å². The second-order valence-corrected chi connectivity index (χ2v) is 7.11. The molecule has 5 heteroatoms. The highest BCUT2D eigenvalue weighted by atomic mass is 16.3. The van der Waals surface area contributed by atoms with E-state index in [0.29, 0.717) is 40.2 Å². The van der Waals surface area contributed by atoms with E-state index in [1.807, 2.05) is 49.4 Å². The van der Waals surface area contributed by atoms with Crippen LogP contribution in [0.15, 0.2) is 74.3 Å². The average Bonchev–Trinajstić information content (AvgIpc) is 3.14. The first-order valence-electron chi connectivity index (χ1n) is 9.38. The summed E-state index contributed by atoms with van der Waals surface area (Å²) in [6.45, 7) is 3.93. The molecule has 29 heavy (non-hydrogen) atoms. The molecule has 4 aromatic rings. The largest absolute Gasteiger partial charge is 0.464 e. The van der Waals surface area contributed by atoms with Gasteiger partial charge in [-0.3, -0.25) is 9.59 Å². The molecular weight excluding hydrogens is 366 g/mol. The summed E-state index contributed by atoms with van der Waals surface area (Å²) in [7, 11) is 1.70. The zero-order valence-corrected chi connectivity index (χ0v) is 16.6. The van der Waals surface area contributed by atoms with Gasteiger partial charge in [0.05, 0.1) is 17.5 Å². The van der Waals surface area contributed by atoms with Gasteiger partial charge in [-0.25, -0.2) is 0 Å². The molecule has 0 atom stereocenters. The van der Waals surface area contributed by atoms with Crippen molar-refractivity contribution in [1.29, 1.82) is 0 Å². The highest BCUT2D eigenvalue weighted by Crippen LogP contribution is 2.28. The Morgan fingerprint density at radius 2 is 1.69 bits per heavy atom. The molecule has 1 amide bonds. The first kappa shape index (κ1) is 18.7. The van der Waals surface area contributed by atoms with Gasteiger partial charge in [-0.1, -0.05) is 36.4 Å². The van der Waals surface area contributed by atoms with Crippen molar-refractivity contribution < 1.29 is 13.6 Å². The topological polar surface area (TPSA) is 63.7 Å². The van der Waals surface area contributed by atoms with Crippen LogP contribution in [0.2, 0.25) is 0 Å². The van der Waals surface area contributed by atoms with Crippen LogP contribution in [0.4, 0.5) is 0 Å². The molecule has 0 saturated heterocycles. The van der Waals surface area contributed by atoms with Crippen LogP contribution in [0, 0.1) is 13.8 Å². The minimum absolute atomic E-state index is 0.135. The summed E-state index contributed by atoms with van der Waals surface area (Å²) in [6, 6.07) is 18.2. The van der Waals surface area contributed by atoms with Gasteiger partial charge in [-0.2, -0.15) is 0 Å². The number of aryl methyl sites for hydroxylation is 1. The quantitative estimate of drug-likeness (QED) is 0.497. The minimum atomic E-state index is -0.240. The Bertz CT molecular complexity index is 1250. The van der Waals surface area contributed by atoms with Crippen LogP contribution in [0.25, 0.3) is 22.3 Å². The van der Waals surface area contributed by atoms with Crippen molar-refractivity contribution in [2.45, 2.75) is 20.4 Å². The van der Waals surface area contributed by atoms with Crippen molar-refractivity contribution in [3.63, 3.8) is 0 Å². The zero-order valence-electron chi connectivity index (χ0n) is 16.6. The molecule has 146 valence electrons. The highest BCUT2D eigenvalue weighted by Gasteiger charge is 2.21. The molecule has 4 rings (SSSR count). The first-order valence-corrected chi connectivity index (χ1v) is 9.38. The van der Waals surface area contributed by atoms with Gasteiger partial charge in [0.2, 0.25) is 0 Å². The molecule has 0 saturated carbocycles. The number of rotatable bonds is 4. The molecule has 0 aliphatic carbocycles. The molecule has 2 aromatic carbocycles. The SMILES string of the molecule is Cc1ccc(CN(C)C(=O)c2cccc3c(=O)c(C)c(-c4ccccc4)oc23)o1. The lowest BCUT2D eigenvalue weighted by molar-refractivity contribution is 0.0776. The number of fused-ring (bicyclic) bond motifs is 1. The zero-order chi connectivity index (χ0) is 20.5. The van der Waals surface area contributed by atoms with Crippen molar-refractivity contribution in [1.82, 2.24) is 4.90 Å². The van der Waals surface area contributed by atoms with E-state index in [4.69, 9.17) is 8.83 Å². The van der Waals surface area contributed by atoms with Crippen LogP contribution in [0.1, 0.15) is 27.4 Å². The summed E-state index contributed by atoms with van der Waals surface area (Å²) >= 11 is 0. The number of carbonyl (C=O) groups is 1. The van der Waals surface area contributed by atoms with Gasteiger partial charge >= 0.3 is 0 Å². The predicted octanol–water partition coefficient (Wildman–Crippen LogP) is 4.94. The Morgan fingerprint density at radius 3 is 2.38 bits per heavy atom. The maximum Gasteiger partial charge on any atom is 0.257 e. The number of nitrogens with zero attached hydrogens (tertiary/aromatic N) is 1. The number of amides is 1. The number of furan rings is 1. The van der Waals surface area contributed by atoms with Crippen molar-refractivity contribution in [3.8, 4) is 11.3 Å². The van der Waals surface area contributed by atoms with Crippen molar-refractivity contribution in [2.75, 3.05) is 7.05 Å². The maximum atomic E-state index is 13.1. The molecule has 0 spiro atoms. The summed E-state index contributed by atoms with van der Waals surface area (Å²) in [5.41, 5.74) is 1.83. The average molecular weight is 387 g/mol. The molecule has 0 bridgehead atoms. The van der Waals surface area contributed by atoms with Crippen LogP contribution in [0.5, 0.6) is 0 Å². The molecule has 0 radical (unpaired) electrons. The Labute approximate surface area is 168 Å². The third kappa shape index (κ3) is 3.47. The number of benzene rings is 2. The fourth-order valence-corrected chi connectivity index (χ4v) is 3.42. The van der Waals surface area contributed by atoms with E-state index in [-0.39, 0.29) is 11.3 Å². The molecule has 0 unspecified atom stereocenters. The first-order chi connectivity index (χ1) is 14.0. The van der Waals surface area contributed by atoms with Gasteiger partial charge in [-0.05, 0) is 38.1 Å². The molecular formula is C24H21NO4. The highest BCUT2D eigenvalue weighted by molar-refractivity contribution is 6.05. The number of carbonyl (C=O) groups excluding carboxylic acids is 1. The monoisotopic (exact) mass is 387 g/mol. The van der Waals surface area contributed by atoms with Gasteiger partial charge < -0.3 is 13.7 Å². The number of para-hydroxylation sites is 1. The fraction of sp³-hybridized carbons (Fsp3) is 0.167. The van der Waals surface area contributed by atoms with Crippen molar-refractivity contribution >= 4 is 16.9 Å².